The summed E-state index contributed by atoms with van der Waals surface area (Å²) in [6.45, 7) is 1.43. The molecular formula is C9H8FN5O2. The number of halogens is 1. The number of aliphatic carboxylic acids is 1. The number of carboxylic acid groups (broad SMARTS) is 1. The van der Waals surface area contributed by atoms with Crippen LogP contribution in [0.3, 0.4) is 0 Å². The van der Waals surface area contributed by atoms with E-state index < -0.39 is 17.8 Å². The molecule has 0 aliphatic rings. The third-order valence-corrected chi connectivity index (χ3v) is 2.18. The number of hydrogen-bond acceptors (Lipinski definition) is 5. The molecule has 0 bridgehead atoms. The number of carboxylic acids is 1. The van der Waals surface area contributed by atoms with Gasteiger partial charge in [0.1, 0.15) is 5.82 Å². The number of hydrogen-bond donors (Lipinski definition) is 1. The van der Waals surface area contributed by atoms with E-state index in [9.17, 15) is 9.18 Å². The van der Waals surface area contributed by atoms with Crippen LogP contribution in [0.25, 0.3) is 11.4 Å². The van der Waals surface area contributed by atoms with Crippen LogP contribution >= 0.6 is 0 Å². The lowest BCUT2D eigenvalue weighted by molar-refractivity contribution is -0.140. The molecule has 0 spiro atoms. The van der Waals surface area contributed by atoms with Gasteiger partial charge in [0.15, 0.2) is 11.9 Å². The molecule has 8 heteroatoms. The number of nitrogens with zero attached hydrogens (tertiary/aromatic N) is 5. The first-order valence-corrected chi connectivity index (χ1v) is 4.71. The molecule has 1 N–H and O–H groups in total. The Labute approximate surface area is 94.9 Å². The van der Waals surface area contributed by atoms with Gasteiger partial charge in [-0.05, 0) is 23.4 Å². The summed E-state index contributed by atoms with van der Waals surface area (Å²) in [6, 6.07) is 0.243. The molecule has 0 amide bonds. The maximum Gasteiger partial charge on any atom is 0.328 e. The highest BCUT2D eigenvalue weighted by Gasteiger charge is 2.20. The normalized spacial score (nSPS) is 12.4. The monoisotopic (exact) mass is 237 g/mol. The molecular weight excluding hydrogens is 229 g/mol. The Balaban J connectivity index is 2.47. The molecule has 0 aliphatic heterocycles. The van der Waals surface area contributed by atoms with E-state index in [0.717, 1.165) is 10.9 Å². The Kier molecular flexibility index (Phi) is 2.77. The molecule has 1 atom stereocenters. The fourth-order valence-corrected chi connectivity index (χ4v) is 1.28. The van der Waals surface area contributed by atoms with Crippen LogP contribution in [0.4, 0.5) is 4.39 Å². The van der Waals surface area contributed by atoms with Crippen LogP contribution in [-0.4, -0.2) is 36.3 Å². The first kappa shape index (κ1) is 11.1. The topological polar surface area (TPSA) is 93.8 Å². The van der Waals surface area contributed by atoms with Gasteiger partial charge in [-0.2, -0.15) is 0 Å². The first-order chi connectivity index (χ1) is 8.09. The molecule has 1 unspecified atom stereocenters. The number of pyridine rings is 1. The molecule has 2 heterocycles. The molecule has 0 saturated carbocycles. The Morgan fingerprint density at radius 2 is 2.29 bits per heavy atom. The van der Waals surface area contributed by atoms with E-state index in [-0.39, 0.29) is 5.82 Å². The van der Waals surface area contributed by atoms with Crippen molar-refractivity contribution in [1.29, 1.82) is 0 Å². The van der Waals surface area contributed by atoms with Crippen molar-refractivity contribution in [2.45, 2.75) is 13.0 Å². The lowest BCUT2D eigenvalue weighted by Crippen LogP contribution is -2.18. The van der Waals surface area contributed by atoms with E-state index in [1.165, 1.54) is 19.2 Å². The van der Waals surface area contributed by atoms with E-state index in [2.05, 4.69) is 20.5 Å². The van der Waals surface area contributed by atoms with Crippen molar-refractivity contribution in [3.8, 4) is 11.4 Å². The zero-order valence-electron chi connectivity index (χ0n) is 8.78. The summed E-state index contributed by atoms with van der Waals surface area (Å²) in [5.41, 5.74) is 0.322. The second-order valence-electron chi connectivity index (χ2n) is 3.35. The summed E-state index contributed by atoms with van der Waals surface area (Å²) in [7, 11) is 0. The minimum Gasteiger partial charge on any atom is -0.480 e. The second-order valence-corrected chi connectivity index (χ2v) is 3.35. The van der Waals surface area contributed by atoms with Crippen LogP contribution in [0.5, 0.6) is 0 Å². The molecule has 7 nitrogen and oxygen atoms in total. The average Bonchev–Trinajstić information content (AvgIpc) is 2.76. The van der Waals surface area contributed by atoms with Gasteiger partial charge in [-0.3, -0.25) is 4.98 Å². The average molecular weight is 237 g/mol. The molecule has 2 rings (SSSR count). The number of tetrazole rings is 1. The van der Waals surface area contributed by atoms with Crippen LogP contribution in [-0.2, 0) is 4.79 Å². The minimum absolute atomic E-state index is 0.159. The zero-order chi connectivity index (χ0) is 12.4. The van der Waals surface area contributed by atoms with Gasteiger partial charge in [0.25, 0.3) is 0 Å². The van der Waals surface area contributed by atoms with Gasteiger partial charge in [0, 0.05) is 11.8 Å². The lowest BCUT2D eigenvalue weighted by Gasteiger charge is -2.08. The maximum atomic E-state index is 13.0. The Hall–Kier alpha value is -2.38. The van der Waals surface area contributed by atoms with Gasteiger partial charge in [-0.15, -0.1) is 5.10 Å². The highest BCUT2D eigenvalue weighted by molar-refractivity contribution is 5.72. The van der Waals surface area contributed by atoms with Gasteiger partial charge in [-0.1, -0.05) is 0 Å². The Morgan fingerprint density at radius 3 is 2.94 bits per heavy atom. The second kappa shape index (κ2) is 4.24. The molecule has 0 radical (unpaired) electrons. The predicted octanol–water partition coefficient (Wildman–Crippen LogP) is 0.520. The van der Waals surface area contributed by atoms with Crippen molar-refractivity contribution in [2.24, 2.45) is 0 Å². The van der Waals surface area contributed by atoms with Crippen LogP contribution in [0.2, 0.25) is 0 Å². The molecule has 0 saturated heterocycles. The van der Waals surface area contributed by atoms with E-state index in [0.29, 0.717) is 5.56 Å². The van der Waals surface area contributed by atoms with Gasteiger partial charge in [0.2, 0.25) is 0 Å². The summed E-state index contributed by atoms with van der Waals surface area (Å²) >= 11 is 0. The third kappa shape index (κ3) is 2.10. The summed E-state index contributed by atoms with van der Waals surface area (Å²) < 4.78 is 14.1. The van der Waals surface area contributed by atoms with Gasteiger partial charge >= 0.3 is 5.97 Å². The van der Waals surface area contributed by atoms with Crippen molar-refractivity contribution < 1.29 is 14.3 Å². The highest BCUT2D eigenvalue weighted by Crippen LogP contribution is 2.18. The van der Waals surface area contributed by atoms with Crippen LogP contribution in [0.15, 0.2) is 18.5 Å². The molecule has 0 aliphatic carbocycles. The quantitative estimate of drug-likeness (QED) is 0.836. The van der Waals surface area contributed by atoms with E-state index in [4.69, 9.17) is 5.11 Å². The lowest BCUT2D eigenvalue weighted by atomic mass is 10.2. The van der Waals surface area contributed by atoms with Crippen LogP contribution in [0, 0.1) is 5.82 Å². The number of carbonyl (C=O) groups is 1. The zero-order valence-corrected chi connectivity index (χ0v) is 8.78. The van der Waals surface area contributed by atoms with Gasteiger partial charge in [-0.25, -0.2) is 13.9 Å². The molecule has 2 aromatic rings. The van der Waals surface area contributed by atoms with Crippen molar-refractivity contribution in [2.75, 3.05) is 0 Å². The predicted molar refractivity (Wildman–Crippen MR) is 53.4 cm³/mol. The van der Waals surface area contributed by atoms with Crippen molar-refractivity contribution in [1.82, 2.24) is 25.2 Å². The maximum absolute atomic E-state index is 13.0. The Bertz CT molecular complexity index is 556. The van der Waals surface area contributed by atoms with Crippen molar-refractivity contribution >= 4 is 5.97 Å². The minimum atomic E-state index is -1.08. The summed E-state index contributed by atoms with van der Waals surface area (Å²) in [4.78, 5) is 14.5. The molecule has 88 valence electrons. The SMILES string of the molecule is CC(C(=O)O)n1nnnc1-c1cncc(F)c1. The molecule has 17 heavy (non-hydrogen) atoms. The number of aromatic nitrogens is 5. The van der Waals surface area contributed by atoms with Crippen LogP contribution in [0.1, 0.15) is 13.0 Å². The fourth-order valence-electron chi connectivity index (χ4n) is 1.28. The van der Waals surface area contributed by atoms with Gasteiger partial charge in [0.05, 0.1) is 6.20 Å². The van der Waals surface area contributed by atoms with Crippen LogP contribution < -0.4 is 0 Å². The van der Waals surface area contributed by atoms with E-state index in [1.54, 1.807) is 0 Å². The smallest absolute Gasteiger partial charge is 0.328 e. The molecule has 0 aromatic carbocycles. The van der Waals surface area contributed by atoms with Gasteiger partial charge < -0.3 is 5.11 Å². The fraction of sp³-hybridized carbons (Fsp3) is 0.222. The Morgan fingerprint density at radius 1 is 1.53 bits per heavy atom. The van der Waals surface area contributed by atoms with Crippen molar-refractivity contribution in [3.63, 3.8) is 0 Å². The first-order valence-electron chi connectivity index (χ1n) is 4.71. The molecule has 0 fully saturated rings. The van der Waals surface area contributed by atoms with Crippen molar-refractivity contribution in [3.05, 3.63) is 24.3 Å². The summed E-state index contributed by atoms with van der Waals surface area (Å²) in [5, 5.41) is 19.5. The molecule has 2 aromatic heterocycles. The summed E-state index contributed by atoms with van der Waals surface area (Å²) in [6.07, 6.45) is 2.40. The third-order valence-electron chi connectivity index (χ3n) is 2.18. The standard InChI is InChI=1S/C9H8FN5O2/c1-5(9(16)17)15-8(12-13-14-15)6-2-7(10)4-11-3-6/h2-5H,1H3,(H,16,17). The van der Waals surface area contributed by atoms with E-state index >= 15 is 0 Å². The summed E-state index contributed by atoms with van der Waals surface area (Å²) in [5.74, 6) is -1.46. The highest BCUT2D eigenvalue weighted by atomic mass is 19.1. The number of rotatable bonds is 3. The van der Waals surface area contributed by atoms with E-state index in [1.807, 2.05) is 0 Å². The largest absolute Gasteiger partial charge is 0.480 e.